The third-order valence-corrected chi connectivity index (χ3v) is 4.25. The Kier molecular flexibility index (Phi) is 3.29. The Morgan fingerprint density at radius 2 is 2.26 bits per heavy atom. The van der Waals surface area contributed by atoms with Crippen molar-refractivity contribution in [3.8, 4) is 0 Å². The largest absolute Gasteiger partial charge is 0.307 e. The first-order valence-corrected chi connectivity index (χ1v) is 7.23. The normalized spacial score (nSPS) is 18.8. The highest BCUT2D eigenvalue weighted by Crippen LogP contribution is 2.34. The van der Waals surface area contributed by atoms with Crippen LogP contribution in [0.2, 0.25) is 0 Å². The number of amides is 1. The summed E-state index contributed by atoms with van der Waals surface area (Å²) < 4.78 is 3.78. The van der Waals surface area contributed by atoms with Crippen molar-refractivity contribution in [2.45, 2.75) is 25.7 Å². The highest BCUT2D eigenvalue weighted by atomic mass is 32.1. The van der Waals surface area contributed by atoms with E-state index in [9.17, 15) is 4.79 Å². The van der Waals surface area contributed by atoms with Gasteiger partial charge in [0, 0.05) is 12.2 Å². The SMILES string of the molecule is C[C@H]1CCCN(C(=O)c2cnns2)c2ccccc21. The van der Waals surface area contributed by atoms with Gasteiger partial charge in [-0.3, -0.25) is 4.79 Å². The third-order valence-electron chi connectivity index (χ3n) is 3.59. The smallest absolute Gasteiger partial charge is 0.271 e. The summed E-state index contributed by atoms with van der Waals surface area (Å²) in [7, 11) is 0. The molecule has 19 heavy (non-hydrogen) atoms. The number of hydrogen-bond acceptors (Lipinski definition) is 4. The molecule has 0 unspecified atom stereocenters. The molecular weight excluding hydrogens is 258 g/mol. The van der Waals surface area contributed by atoms with Gasteiger partial charge >= 0.3 is 0 Å². The molecule has 0 saturated heterocycles. The first-order valence-electron chi connectivity index (χ1n) is 6.45. The Balaban J connectivity index is 2.02. The number of carbonyl (C=O) groups is 1. The second kappa shape index (κ2) is 5.09. The molecule has 4 nitrogen and oxygen atoms in total. The van der Waals surface area contributed by atoms with E-state index in [2.05, 4.69) is 22.6 Å². The van der Waals surface area contributed by atoms with Crippen LogP contribution in [-0.2, 0) is 0 Å². The van der Waals surface area contributed by atoms with Crippen LogP contribution in [-0.4, -0.2) is 22.0 Å². The molecule has 0 radical (unpaired) electrons. The van der Waals surface area contributed by atoms with Gasteiger partial charge in [0.25, 0.3) is 5.91 Å². The van der Waals surface area contributed by atoms with Gasteiger partial charge in [-0.15, -0.1) is 5.10 Å². The number of fused-ring (bicyclic) bond motifs is 1. The molecule has 1 aromatic heterocycles. The van der Waals surface area contributed by atoms with Crippen LogP contribution in [0.5, 0.6) is 0 Å². The topological polar surface area (TPSA) is 46.1 Å². The molecule has 0 fully saturated rings. The van der Waals surface area contributed by atoms with Crippen LogP contribution >= 0.6 is 11.5 Å². The minimum Gasteiger partial charge on any atom is -0.307 e. The lowest BCUT2D eigenvalue weighted by molar-refractivity contribution is 0.0990. The van der Waals surface area contributed by atoms with E-state index in [0.717, 1.165) is 36.6 Å². The lowest BCUT2D eigenvalue weighted by atomic mass is 9.96. The number of benzene rings is 1. The van der Waals surface area contributed by atoms with Gasteiger partial charge in [-0.1, -0.05) is 29.6 Å². The van der Waals surface area contributed by atoms with Gasteiger partial charge < -0.3 is 4.90 Å². The lowest BCUT2D eigenvalue weighted by Gasteiger charge is -2.22. The molecule has 1 aliphatic heterocycles. The molecule has 0 aliphatic carbocycles. The van der Waals surface area contributed by atoms with Crippen LogP contribution in [0.4, 0.5) is 5.69 Å². The van der Waals surface area contributed by atoms with Crippen LogP contribution in [0.3, 0.4) is 0 Å². The molecule has 0 N–H and O–H groups in total. The highest BCUT2D eigenvalue weighted by molar-refractivity contribution is 7.07. The Hall–Kier alpha value is -1.75. The van der Waals surface area contributed by atoms with E-state index in [0.29, 0.717) is 10.8 Å². The summed E-state index contributed by atoms with van der Waals surface area (Å²) in [5.74, 6) is 0.505. The second-order valence-corrected chi connectivity index (χ2v) is 5.63. The van der Waals surface area contributed by atoms with Crippen LogP contribution < -0.4 is 4.90 Å². The fourth-order valence-corrected chi connectivity index (χ4v) is 3.05. The van der Waals surface area contributed by atoms with Gasteiger partial charge in [0.2, 0.25) is 0 Å². The molecule has 0 saturated carbocycles. The van der Waals surface area contributed by atoms with Crippen molar-refractivity contribution in [1.29, 1.82) is 0 Å². The van der Waals surface area contributed by atoms with E-state index in [4.69, 9.17) is 0 Å². The number of rotatable bonds is 1. The molecule has 0 spiro atoms. The van der Waals surface area contributed by atoms with Gasteiger partial charge in [0.15, 0.2) is 0 Å². The maximum atomic E-state index is 12.5. The Morgan fingerprint density at radius 3 is 3.05 bits per heavy atom. The summed E-state index contributed by atoms with van der Waals surface area (Å²) in [5.41, 5.74) is 2.29. The monoisotopic (exact) mass is 273 g/mol. The predicted molar refractivity (Wildman–Crippen MR) is 75.7 cm³/mol. The van der Waals surface area contributed by atoms with Crippen molar-refractivity contribution < 1.29 is 4.79 Å². The summed E-state index contributed by atoms with van der Waals surface area (Å²) in [6.07, 6.45) is 3.68. The van der Waals surface area contributed by atoms with Crippen molar-refractivity contribution in [2.24, 2.45) is 0 Å². The molecule has 3 rings (SSSR count). The summed E-state index contributed by atoms with van der Waals surface area (Å²) in [6.45, 7) is 2.99. The predicted octanol–water partition coefficient (Wildman–Crippen LogP) is 3.08. The van der Waals surface area contributed by atoms with Gasteiger partial charge in [-0.2, -0.15) is 0 Å². The van der Waals surface area contributed by atoms with Crippen LogP contribution in [0, 0.1) is 0 Å². The Bertz CT molecular complexity index is 582. The average molecular weight is 273 g/mol. The van der Waals surface area contributed by atoms with Gasteiger partial charge in [-0.25, -0.2) is 0 Å². The minimum absolute atomic E-state index is 0.0107. The maximum Gasteiger partial charge on any atom is 0.271 e. The zero-order chi connectivity index (χ0) is 13.2. The van der Waals surface area contributed by atoms with Crippen molar-refractivity contribution in [1.82, 2.24) is 9.59 Å². The maximum absolute atomic E-state index is 12.5. The zero-order valence-corrected chi connectivity index (χ0v) is 11.6. The molecule has 1 atom stereocenters. The molecule has 1 aliphatic rings. The summed E-state index contributed by atoms with van der Waals surface area (Å²) in [4.78, 5) is 15.0. The second-order valence-electron chi connectivity index (χ2n) is 4.84. The standard InChI is InChI=1S/C14H15N3OS/c1-10-5-4-8-17(12-7-3-2-6-11(10)12)14(18)13-9-15-16-19-13/h2-3,6-7,9-10H,4-5,8H2,1H3/t10-/m0/s1. The number of carbonyl (C=O) groups excluding carboxylic acids is 1. The Labute approximate surface area is 116 Å². The van der Waals surface area contributed by atoms with E-state index in [1.165, 1.54) is 5.56 Å². The molecule has 2 aromatic rings. The van der Waals surface area contributed by atoms with Crippen LogP contribution in [0.15, 0.2) is 30.5 Å². The highest BCUT2D eigenvalue weighted by Gasteiger charge is 2.25. The molecule has 0 bridgehead atoms. The third kappa shape index (κ3) is 2.26. The van der Waals surface area contributed by atoms with Gasteiger partial charge in [0.05, 0.1) is 6.20 Å². The average Bonchev–Trinajstić information content (AvgIpc) is 2.91. The molecular formula is C14H15N3OS. The molecule has 98 valence electrons. The van der Waals surface area contributed by atoms with Crippen molar-refractivity contribution in [2.75, 3.05) is 11.4 Å². The van der Waals surface area contributed by atoms with Crippen molar-refractivity contribution in [3.63, 3.8) is 0 Å². The van der Waals surface area contributed by atoms with E-state index in [-0.39, 0.29) is 5.91 Å². The fraction of sp³-hybridized carbons (Fsp3) is 0.357. The quantitative estimate of drug-likeness (QED) is 0.802. The Morgan fingerprint density at radius 1 is 1.42 bits per heavy atom. The first-order chi connectivity index (χ1) is 9.27. The van der Waals surface area contributed by atoms with Crippen molar-refractivity contribution >= 4 is 23.1 Å². The summed E-state index contributed by atoms with van der Waals surface area (Å²) in [6, 6.07) is 8.18. The van der Waals surface area contributed by atoms with Crippen LogP contribution in [0.1, 0.15) is 40.9 Å². The molecule has 1 amide bonds. The van der Waals surface area contributed by atoms with Gasteiger partial charge in [-0.05, 0) is 41.9 Å². The van der Waals surface area contributed by atoms with E-state index in [1.54, 1.807) is 6.20 Å². The number of para-hydroxylation sites is 1. The molecule has 2 heterocycles. The van der Waals surface area contributed by atoms with Gasteiger partial charge in [0.1, 0.15) is 4.88 Å². The number of hydrogen-bond donors (Lipinski definition) is 0. The lowest BCUT2D eigenvalue weighted by Crippen LogP contribution is -2.31. The number of anilines is 1. The minimum atomic E-state index is 0.0107. The fourth-order valence-electron chi connectivity index (χ4n) is 2.59. The van der Waals surface area contributed by atoms with E-state index >= 15 is 0 Å². The summed E-state index contributed by atoms with van der Waals surface area (Å²) >= 11 is 1.15. The van der Waals surface area contributed by atoms with E-state index < -0.39 is 0 Å². The van der Waals surface area contributed by atoms with Crippen LogP contribution in [0.25, 0.3) is 0 Å². The van der Waals surface area contributed by atoms with Crippen molar-refractivity contribution in [3.05, 3.63) is 40.9 Å². The molecule has 5 heteroatoms. The summed E-state index contributed by atoms with van der Waals surface area (Å²) in [5, 5.41) is 3.75. The number of aromatic nitrogens is 2. The van der Waals surface area contributed by atoms with E-state index in [1.807, 2.05) is 23.1 Å². The zero-order valence-electron chi connectivity index (χ0n) is 10.7. The number of nitrogens with zero attached hydrogens (tertiary/aromatic N) is 3. The first kappa shape index (κ1) is 12.3. The molecule has 1 aromatic carbocycles.